The maximum Gasteiger partial charge on any atom is 0.157 e. The van der Waals surface area contributed by atoms with E-state index in [1.54, 1.807) is 12.1 Å². The van der Waals surface area contributed by atoms with E-state index in [-0.39, 0.29) is 0 Å². The van der Waals surface area contributed by atoms with E-state index in [0.717, 1.165) is 34.8 Å². The minimum Gasteiger partial charge on any atom is -0.332 e. The van der Waals surface area contributed by atoms with Crippen molar-refractivity contribution in [2.45, 2.75) is 19.4 Å². The van der Waals surface area contributed by atoms with Gasteiger partial charge in [0.25, 0.3) is 0 Å². The number of rotatable bonds is 4. The zero-order chi connectivity index (χ0) is 17.4. The smallest absolute Gasteiger partial charge is 0.157 e. The second kappa shape index (κ2) is 6.79. The first kappa shape index (κ1) is 16.6. The summed E-state index contributed by atoms with van der Waals surface area (Å²) in [7, 11) is 0. The van der Waals surface area contributed by atoms with E-state index in [0.29, 0.717) is 28.2 Å². The van der Waals surface area contributed by atoms with Gasteiger partial charge in [-0.2, -0.15) is 0 Å². The molecule has 1 aromatic carbocycles. The summed E-state index contributed by atoms with van der Waals surface area (Å²) in [4.78, 5) is 13.3. The first-order valence-corrected chi connectivity index (χ1v) is 8.86. The van der Waals surface area contributed by atoms with Crippen molar-refractivity contribution in [2.75, 3.05) is 0 Å². The summed E-state index contributed by atoms with van der Waals surface area (Å²) in [5.74, 6) is 0.718. The summed E-state index contributed by atoms with van der Waals surface area (Å²) < 4.78 is 2.02. The molecule has 0 N–H and O–H groups in total. The van der Waals surface area contributed by atoms with Crippen molar-refractivity contribution in [3.63, 3.8) is 0 Å². The maximum absolute atomic E-state index is 6.23. The number of benzene rings is 1. The normalized spacial score (nSPS) is 13.0. The Labute approximate surface area is 160 Å². The molecule has 25 heavy (non-hydrogen) atoms. The van der Waals surface area contributed by atoms with E-state index in [1.165, 1.54) is 0 Å². The van der Waals surface area contributed by atoms with Gasteiger partial charge in [-0.1, -0.05) is 46.9 Å². The highest BCUT2D eigenvalue weighted by atomic mass is 35.5. The number of halogens is 3. The molecule has 3 heterocycles. The van der Waals surface area contributed by atoms with E-state index in [9.17, 15) is 0 Å². The largest absolute Gasteiger partial charge is 0.332 e. The van der Waals surface area contributed by atoms with Crippen molar-refractivity contribution in [3.05, 3.63) is 74.9 Å². The molecule has 0 bridgehead atoms. The molecule has 0 fully saturated rings. The Morgan fingerprint density at radius 2 is 1.96 bits per heavy atom. The first-order valence-electron chi connectivity index (χ1n) is 7.73. The molecule has 1 aliphatic rings. The Morgan fingerprint density at radius 1 is 1.08 bits per heavy atom. The molecule has 0 spiro atoms. The van der Waals surface area contributed by atoms with Crippen LogP contribution in [-0.4, -0.2) is 20.2 Å². The van der Waals surface area contributed by atoms with Gasteiger partial charge in [-0.05, 0) is 23.8 Å². The number of nitrogens with zero attached hydrogens (tertiary/aromatic N) is 4. The molecule has 126 valence electrons. The summed E-state index contributed by atoms with van der Waals surface area (Å²) in [5, 5.41) is 1.75. The molecule has 4 rings (SSSR count). The Bertz CT molecular complexity index is 978. The van der Waals surface area contributed by atoms with Crippen molar-refractivity contribution in [1.29, 1.82) is 0 Å². The number of aromatic nitrogens is 3. The lowest BCUT2D eigenvalue weighted by molar-refractivity contribution is 0.842. The van der Waals surface area contributed by atoms with Crippen LogP contribution in [0.1, 0.15) is 16.8 Å². The predicted molar refractivity (Wildman–Crippen MR) is 102 cm³/mol. The Kier molecular flexibility index (Phi) is 4.50. The lowest BCUT2D eigenvalue weighted by atomic mass is 10.1. The zero-order valence-electron chi connectivity index (χ0n) is 13.1. The molecule has 0 atom stereocenters. The molecule has 7 heteroatoms. The van der Waals surface area contributed by atoms with Gasteiger partial charge in [-0.15, -0.1) is 0 Å². The maximum atomic E-state index is 6.23. The number of imidazole rings is 1. The monoisotopic (exact) mass is 390 g/mol. The minimum absolute atomic E-state index is 0.466. The third-order valence-electron chi connectivity index (χ3n) is 4.02. The van der Waals surface area contributed by atoms with Crippen LogP contribution in [0, 0.1) is 0 Å². The predicted octanol–water partition coefficient (Wildman–Crippen LogP) is 5.16. The van der Waals surface area contributed by atoms with Crippen LogP contribution in [0.3, 0.4) is 0 Å². The van der Waals surface area contributed by atoms with E-state index >= 15 is 0 Å². The molecule has 0 saturated carbocycles. The summed E-state index contributed by atoms with van der Waals surface area (Å²) in [5.41, 5.74) is 4.09. The first-order chi connectivity index (χ1) is 12.1. The molecule has 0 amide bonds. The lowest BCUT2D eigenvalue weighted by Gasteiger charge is -2.03. The fraction of sp³-hybridized carbons (Fsp3) is 0.167. The van der Waals surface area contributed by atoms with Gasteiger partial charge in [-0.25, -0.2) is 15.0 Å². The third-order valence-corrected chi connectivity index (χ3v) is 4.82. The Balaban J connectivity index is 1.46. The Hall–Kier alpha value is -1.88. The van der Waals surface area contributed by atoms with Gasteiger partial charge in [-0.3, -0.25) is 0 Å². The molecule has 4 nitrogen and oxygen atoms in total. The molecule has 0 radical (unpaired) electrons. The summed E-state index contributed by atoms with van der Waals surface area (Å²) in [6, 6.07) is 9.28. The molecule has 0 saturated heterocycles. The molecule has 1 aliphatic heterocycles. The van der Waals surface area contributed by atoms with Crippen LogP contribution < -0.4 is 0 Å². The minimum atomic E-state index is 0.466. The van der Waals surface area contributed by atoms with Gasteiger partial charge in [0.2, 0.25) is 0 Å². The topological polar surface area (TPSA) is 43.1 Å². The van der Waals surface area contributed by atoms with Crippen molar-refractivity contribution in [1.82, 2.24) is 14.5 Å². The number of hydrogen-bond donors (Lipinski definition) is 0. The van der Waals surface area contributed by atoms with E-state index < -0.39 is 0 Å². The van der Waals surface area contributed by atoms with Crippen LogP contribution in [0.15, 0.2) is 47.8 Å². The van der Waals surface area contributed by atoms with Gasteiger partial charge in [0.1, 0.15) is 5.15 Å². The Morgan fingerprint density at radius 3 is 2.80 bits per heavy atom. The highest BCUT2D eigenvalue weighted by molar-refractivity contribution is 6.35. The SMILES string of the molecule is Clc1ccc(Cc2cn(CC3=Nc4nc(Cl)ccc4C3)cn2)c(Cl)c1. The van der Waals surface area contributed by atoms with Gasteiger partial charge < -0.3 is 4.57 Å². The zero-order valence-corrected chi connectivity index (χ0v) is 15.4. The summed E-state index contributed by atoms with van der Waals surface area (Å²) in [6.07, 6.45) is 5.27. The highest BCUT2D eigenvalue weighted by Crippen LogP contribution is 2.27. The quantitative estimate of drug-likeness (QED) is 0.577. The second-order valence-corrected chi connectivity index (χ2v) is 7.15. The standard InChI is InChI=1S/C18H13Cl3N4/c19-13-3-1-11(16(20)7-13)5-14-8-25(10-22-14)9-15-6-12-2-4-17(21)24-18(12)23-15/h1-4,7-8,10H,5-6,9H2. The number of hydrogen-bond acceptors (Lipinski definition) is 3. The van der Waals surface area contributed by atoms with E-state index in [2.05, 4.69) is 15.0 Å². The van der Waals surface area contributed by atoms with Gasteiger partial charge in [0, 0.05) is 40.4 Å². The van der Waals surface area contributed by atoms with Crippen LogP contribution >= 0.6 is 34.8 Å². The van der Waals surface area contributed by atoms with Crippen LogP contribution in [-0.2, 0) is 19.4 Å². The van der Waals surface area contributed by atoms with Crippen molar-refractivity contribution < 1.29 is 0 Å². The summed E-state index contributed by atoms with van der Waals surface area (Å²) >= 11 is 18.1. The molecular weight excluding hydrogens is 379 g/mol. The molecular formula is C18H13Cl3N4. The van der Waals surface area contributed by atoms with Crippen molar-refractivity contribution in [2.24, 2.45) is 4.99 Å². The van der Waals surface area contributed by atoms with E-state index in [1.807, 2.05) is 35.3 Å². The number of pyridine rings is 1. The fourth-order valence-corrected chi connectivity index (χ4v) is 3.46. The van der Waals surface area contributed by atoms with Gasteiger partial charge in [0.15, 0.2) is 5.82 Å². The molecule has 3 aromatic rings. The third kappa shape index (κ3) is 3.71. The van der Waals surface area contributed by atoms with Crippen LogP contribution in [0.5, 0.6) is 0 Å². The molecule has 0 unspecified atom stereocenters. The average molecular weight is 392 g/mol. The number of aliphatic imine (C=N–C) groups is 1. The van der Waals surface area contributed by atoms with Crippen molar-refractivity contribution in [3.8, 4) is 0 Å². The molecule has 0 aliphatic carbocycles. The van der Waals surface area contributed by atoms with Gasteiger partial charge >= 0.3 is 0 Å². The number of fused-ring (bicyclic) bond motifs is 1. The lowest BCUT2D eigenvalue weighted by Crippen LogP contribution is -2.08. The van der Waals surface area contributed by atoms with Crippen LogP contribution in [0.4, 0.5) is 5.82 Å². The summed E-state index contributed by atoms with van der Waals surface area (Å²) in [6.45, 7) is 0.676. The van der Waals surface area contributed by atoms with E-state index in [4.69, 9.17) is 34.8 Å². The van der Waals surface area contributed by atoms with Crippen molar-refractivity contribution >= 4 is 46.3 Å². The second-order valence-electron chi connectivity index (χ2n) is 5.92. The highest BCUT2D eigenvalue weighted by Gasteiger charge is 2.16. The average Bonchev–Trinajstić information content (AvgIpc) is 3.16. The van der Waals surface area contributed by atoms with Gasteiger partial charge in [0.05, 0.1) is 18.6 Å². The molecule has 2 aromatic heterocycles. The van der Waals surface area contributed by atoms with Crippen LogP contribution in [0.25, 0.3) is 0 Å². The van der Waals surface area contributed by atoms with Crippen LogP contribution in [0.2, 0.25) is 15.2 Å². The fourth-order valence-electron chi connectivity index (χ4n) is 2.84.